The smallest absolute Gasteiger partial charge is 0.302 e. The van der Waals surface area contributed by atoms with Crippen molar-refractivity contribution in [2.24, 2.45) is 11.8 Å². The van der Waals surface area contributed by atoms with Crippen LogP contribution in [0, 0.1) is 11.8 Å². The number of carbonyl (C=O) groups is 1. The van der Waals surface area contributed by atoms with Crippen molar-refractivity contribution in [3.63, 3.8) is 0 Å². The van der Waals surface area contributed by atoms with Crippen LogP contribution in [0.15, 0.2) is 0 Å². The number of esters is 1. The fourth-order valence-electron chi connectivity index (χ4n) is 2.58. The highest BCUT2D eigenvalue weighted by molar-refractivity contribution is 5.66. The molecule has 68 valence electrons. The van der Waals surface area contributed by atoms with Gasteiger partial charge in [0.05, 0.1) is 6.10 Å². The lowest BCUT2D eigenvalue weighted by molar-refractivity contribution is -0.149. The first-order valence-electron chi connectivity index (χ1n) is 4.54. The van der Waals surface area contributed by atoms with E-state index in [9.17, 15) is 9.90 Å². The van der Waals surface area contributed by atoms with Gasteiger partial charge in [-0.2, -0.15) is 0 Å². The number of fused-ring (bicyclic) bond motifs is 2. The van der Waals surface area contributed by atoms with Gasteiger partial charge in [-0.1, -0.05) is 0 Å². The minimum absolute atomic E-state index is 0.00347. The van der Waals surface area contributed by atoms with Crippen LogP contribution in [-0.4, -0.2) is 23.3 Å². The molecule has 1 N–H and O–H groups in total. The normalized spacial score (nSPS) is 44.8. The minimum atomic E-state index is -0.222. The summed E-state index contributed by atoms with van der Waals surface area (Å²) in [5.74, 6) is 0.387. The van der Waals surface area contributed by atoms with Crippen LogP contribution in [0.3, 0.4) is 0 Å². The second kappa shape index (κ2) is 2.73. The van der Waals surface area contributed by atoms with E-state index in [0.29, 0.717) is 5.92 Å². The average molecular weight is 170 g/mol. The third-order valence-electron chi connectivity index (χ3n) is 3.12. The third-order valence-corrected chi connectivity index (χ3v) is 3.12. The van der Waals surface area contributed by atoms with E-state index in [4.69, 9.17) is 4.74 Å². The van der Waals surface area contributed by atoms with E-state index in [1.807, 2.05) is 0 Å². The van der Waals surface area contributed by atoms with Crippen molar-refractivity contribution in [3.05, 3.63) is 0 Å². The highest BCUT2D eigenvalue weighted by Gasteiger charge is 2.48. The van der Waals surface area contributed by atoms with Gasteiger partial charge in [0.1, 0.15) is 6.10 Å². The van der Waals surface area contributed by atoms with E-state index in [0.717, 1.165) is 19.3 Å². The fraction of sp³-hybridized carbons (Fsp3) is 0.889. The van der Waals surface area contributed by atoms with Gasteiger partial charge in [0.15, 0.2) is 0 Å². The minimum Gasteiger partial charge on any atom is -0.462 e. The molecule has 0 aliphatic heterocycles. The van der Waals surface area contributed by atoms with Crippen LogP contribution in [0.25, 0.3) is 0 Å². The highest BCUT2D eigenvalue weighted by Crippen LogP contribution is 2.46. The molecule has 3 heteroatoms. The van der Waals surface area contributed by atoms with Crippen molar-refractivity contribution >= 4 is 5.97 Å². The lowest BCUT2D eigenvalue weighted by Gasteiger charge is -2.20. The maximum absolute atomic E-state index is 10.7. The van der Waals surface area contributed by atoms with Gasteiger partial charge in [-0.15, -0.1) is 0 Å². The molecule has 0 amide bonds. The van der Waals surface area contributed by atoms with E-state index in [1.54, 1.807) is 0 Å². The van der Waals surface area contributed by atoms with Crippen molar-refractivity contribution in [2.75, 3.05) is 0 Å². The molecule has 0 saturated heterocycles. The van der Waals surface area contributed by atoms with Crippen LogP contribution in [0.2, 0.25) is 0 Å². The highest BCUT2D eigenvalue weighted by atomic mass is 16.5. The molecular weight excluding hydrogens is 156 g/mol. The van der Waals surface area contributed by atoms with Crippen LogP contribution in [0.5, 0.6) is 0 Å². The molecule has 2 saturated carbocycles. The summed E-state index contributed by atoms with van der Waals surface area (Å²) >= 11 is 0. The first kappa shape index (κ1) is 8.05. The molecule has 4 atom stereocenters. The molecule has 2 rings (SSSR count). The van der Waals surface area contributed by atoms with Crippen molar-refractivity contribution in [1.29, 1.82) is 0 Å². The molecule has 0 spiro atoms. The molecule has 2 aliphatic carbocycles. The number of hydrogen-bond donors (Lipinski definition) is 1. The Labute approximate surface area is 71.7 Å². The van der Waals surface area contributed by atoms with Gasteiger partial charge < -0.3 is 9.84 Å². The topological polar surface area (TPSA) is 46.5 Å². The molecule has 0 radical (unpaired) electrons. The maximum atomic E-state index is 10.7. The summed E-state index contributed by atoms with van der Waals surface area (Å²) in [5, 5.41) is 9.62. The summed E-state index contributed by atoms with van der Waals surface area (Å²) in [6.07, 6.45) is 2.77. The predicted octanol–water partition coefficient (Wildman–Crippen LogP) is 0.709. The lowest BCUT2D eigenvalue weighted by atomic mass is 9.98. The van der Waals surface area contributed by atoms with Crippen molar-refractivity contribution < 1.29 is 14.6 Å². The van der Waals surface area contributed by atoms with E-state index in [1.165, 1.54) is 6.92 Å². The Kier molecular flexibility index (Phi) is 1.83. The lowest BCUT2D eigenvalue weighted by Crippen LogP contribution is -2.25. The van der Waals surface area contributed by atoms with Crippen LogP contribution >= 0.6 is 0 Å². The summed E-state index contributed by atoms with van der Waals surface area (Å²) in [6, 6.07) is 0. The molecule has 12 heavy (non-hydrogen) atoms. The molecule has 0 aromatic carbocycles. The molecule has 2 aliphatic rings. The Balaban J connectivity index is 1.99. The fourth-order valence-corrected chi connectivity index (χ4v) is 2.58. The predicted molar refractivity (Wildman–Crippen MR) is 42.4 cm³/mol. The second-order valence-electron chi connectivity index (χ2n) is 3.88. The first-order valence-corrected chi connectivity index (χ1v) is 4.54. The SMILES string of the molecule is CC(=O)O[C@@H]1C[C@H]2CC[C@@H]1[C@@H]2O. The Morgan fingerprint density at radius 1 is 1.50 bits per heavy atom. The zero-order valence-electron chi connectivity index (χ0n) is 7.19. The monoisotopic (exact) mass is 170 g/mol. The second-order valence-corrected chi connectivity index (χ2v) is 3.88. The Morgan fingerprint density at radius 3 is 2.67 bits per heavy atom. The van der Waals surface area contributed by atoms with Crippen LogP contribution in [-0.2, 0) is 9.53 Å². The molecule has 3 nitrogen and oxygen atoms in total. The van der Waals surface area contributed by atoms with Crippen molar-refractivity contribution in [3.8, 4) is 0 Å². The Morgan fingerprint density at radius 2 is 2.25 bits per heavy atom. The Bertz CT molecular complexity index is 202. The maximum Gasteiger partial charge on any atom is 0.302 e. The van der Waals surface area contributed by atoms with Gasteiger partial charge in [-0.25, -0.2) is 0 Å². The summed E-state index contributed by atoms with van der Waals surface area (Å²) in [5.41, 5.74) is 0. The van der Waals surface area contributed by atoms with Crippen LogP contribution in [0.1, 0.15) is 26.2 Å². The zero-order chi connectivity index (χ0) is 8.72. The van der Waals surface area contributed by atoms with Gasteiger partial charge in [-0.05, 0) is 25.2 Å². The molecular formula is C9H14O3. The van der Waals surface area contributed by atoms with Gasteiger partial charge in [-0.3, -0.25) is 4.79 Å². The quantitative estimate of drug-likeness (QED) is 0.589. The number of aliphatic hydroxyl groups excluding tert-OH is 1. The van der Waals surface area contributed by atoms with E-state index >= 15 is 0 Å². The molecule has 0 heterocycles. The summed E-state index contributed by atoms with van der Waals surface area (Å²) in [4.78, 5) is 10.7. The van der Waals surface area contributed by atoms with Gasteiger partial charge in [0.25, 0.3) is 0 Å². The van der Waals surface area contributed by atoms with E-state index in [-0.39, 0.29) is 24.1 Å². The molecule has 0 aromatic heterocycles. The summed E-state index contributed by atoms with van der Waals surface area (Å²) < 4.78 is 5.12. The summed E-state index contributed by atoms with van der Waals surface area (Å²) in [7, 11) is 0. The number of rotatable bonds is 1. The van der Waals surface area contributed by atoms with Gasteiger partial charge in [0.2, 0.25) is 0 Å². The first-order chi connectivity index (χ1) is 5.68. The molecule has 2 bridgehead atoms. The standard InChI is InChI=1S/C9H14O3/c1-5(10)12-8-4-6-2-3-7(8)9(6)11/h6-9,11H,2-4H2,1H3/t6-,7+,8-,9-/m1/s1. The van der Waals surface area contributed by atoms with Gasteiger partial charge in [0, 0.05) is 12.8 Å². The van der Waals surface area contributed by atoms with E-state index in [2.05, 4.69) is 0 Å². The largest absolute Gasteiger partial charge is 0.462 e. The van der Waals surface area contributed by atoms with Gasteiger partial charge >= 0.3 is 5.97 Å². The summed E-state index contributed by atoms with van der Waals surface area (Å²) in [6.45, 7) is 1.43. The Hall–Kier alpha value is -0.570. The molecule has 0 unspecified atom stereocenters. The van der Waals surface area contributed by atoms with Crippen LogP contribution in [0.4, 0.5) is 0 Å². The third kappa shape index (κ3) is 1.12. The number of ether oxygens (including phenoxy) is 1. The zero-order valence-corrected chi connectivity index (χ0v) is 7.19. The van der Waals surface area contributed by atoms with Crippen LogP contribution < -0.4 is 0 Å². The average Bonchev–Trinajstić information content (AvgIpc) is 2.44. The van der Waals surface area contributed by atoms with E-state index < -0.39 is 0 Å². The molecule has 0 aromatic rings. The number of aliphatic hydroxyl groups is 1. The van der Waals surface area contributed by atoms with Crippen molar-refractivity contribution in [1.82, 2.24) is 0 Å². The van der Waals surface area contributed by atoms with Crippen molar-refractivity contribution in [2.45, 2.75) is 38.4 Å². The number of carbonyl (C=O) groups excluding carboxylic acids is 1. The molecule has 2 fully saturated rings. The number of hydrogen-bond acceptors (Lipinski definition) is 3.